The van der Waals surface area contributed by atoms with E-state index in [0.717, 1.165) is 16.2 Å². The Hall–Kier alpha value is -1.20. The molecule has 2 rings (SSSR count). The highest BCUT2D eigenvalue weighted by Crippen LogP contribution is 2.22. The van der Waals surface area contributed by atoms with Gasteiger partial charge in [0, 0.05) is 11.1 Å². The molecule has 108 valence electrons. The summed E-state index contributed by atoms with van der Waals surface area (Å²) in [4.78, 5) is 19.4. The van der Waals surface area contributed by atoms with Crippen molar-refractivity contribution in [1.82, 2.24) is 15.3 Å². The smallest absolute Gasteiger partial charge is 0.230 e. The molecule has 1 atom stereocenters. The lowest BCUT2D eigenvalue weighted by atomic mass is 10.1. The van der Waals surface area contributed by atoms with E-state index in [4.69, 9.17) is 11.6 Å². The molecule has 0 aliphatic heterocycles. The van der Waals surface area contributed by atoms with Crippen LogP contribution in [0.3, 0.4) is 0 Å². The van der Waals surface area contributed by atoms with Crippen LogP contribution in [-0.2, 0) is 4.79 Å². The van der Waals surface area contributed by atoms with Gasteiger partial charge in [-0.15, -0.1) is 0 Å². The van der Waals surface area contributed by atoms with Crippen LogP contribution in [0.4, 0.5) is 0 Å². The fourth-order valence-corrected chi connectivity index (χ4v) is 2.49. The predicted octanol–water partition coefficient (Wildman–Crippen LogP) is 3.47. The van der Waals surface area contributed by atoms with Crippen molar-refractivity contribution in [3.63, 3.8) is 0 Å². The number of H-pyrrole nitrogens is 1. The molecule has 1 amide bonds. The molecule has 0 spiro atoms. The van der Waals surface area contributed by atoms with Crippen LogP contribution in [0.2, 0.25) is 5.02 Å². The molecule has 1 aromatic heterocycles. The predicted molar refractivity (Wildman–Crippen MR) is 84.3 cm³/mol. The number of nitrogens with zero attached hydrogens (tertiary/aromatic N) is 1. The number of fused-ring (bicyclic) bond motifs is 1. The number of hydrogen-bond donors (Lipinski definition) is 2. The maximum absolute atomic E-state index is 11.8. The van der Waals surface area contributed by atoms with Crippen molar-refractivity contribution in [2.75, 3.05) is 5.75 Å². The van der Waals surface area contributed by atoms with Gasteiger partial charge in [0.2, 0.25) is 5.91 Å². The summed E-state index contributed by atoms with van der Waals surface area (Å²) in [5, 5.41) is 4.37. The van der Waals surface area contributed by atoms with Gasteiger partial charge in [-0.05, 0) is 31.0 Å². The molecule has 2 N–H and O–H groups in total. The Morgan fingerprint density at radius 2 is 2.20 bits per heavy atom. The van der Waals surface area contributed by atoms with Crippen LogP contribution in [-0.4, -0.2) is 27.7 Å². The third kappa shape index (κ3) is 3.90. The molecule has 0 fully saturated rings. The van der Waals surface area contributed by atoms with Crippen LogP contribution in [0, 0.1) is 5.92 Å². The lowest BCUT2D eigenvalue weighted by Crippen LogP contribution is -2.37. The number of benzene rings is 1. The van der Waals surface area contributed by atoms with E-state index in [2.05, 4.69) is 29.1 Å². The summed E-state index contributed by atoms with van der Waals surface area (Å²) in [5.74, 6) is 0.803. The Balaban J connectivity index is 1.94. The van der Waals surface area contributed by atoms with Gasteiger partial charge in [0.15, 0.2) is 5.16 Å². The summed E-state index contributed by atoms with van der Waals surface area (Å²) < 4.78 is 0. The number of imidazole rings is 1. The highest BCUT2D eigenvalue weighted by Gasteiger charge is 2.12. The number of thioether (sulfide) groups is 1. The van der Waals surface area contributed by atoms with E-state index < -0.39 is 0 Å². The SMILES string of the molecule is CC(C)[C@@H](C)NC(=O)CSc1nc2ccc(Cl)cc2[nH]1. The molecular formula is C14H18ClN3OS. The number of amides is 1. The van der Waals surface area contributed by atoms with Crippen LogP contribution in [0.1, 0.15) is 20.8 Å². The summed E-state index contributed by atoms with van der Waals surface area (Å²) in [6, 6.07) is 5.67. The minimum atomic E-state index is 0.0229. The summed E-state index contributed by atoms with van der Waals surface area (Å²) in [5.41, 5.74) is 1.74. The zero-order chi connectivity index (χ0) is 14.7. The Bertz CT molecular complexity index is 611. The molecule has 0 saturated carbocycles. The molecular weight excluding hydrogens is 294 g/mol. The standard InChI is InChI=1S/C14H18ClN3OS/c1-8(2)9(3)16-13(19)7-20-14-17-11-5-4-10(15)6-12(11)18-14/h4-6,8-9H,7H2,1-3H3,(H,16,19)(H,17,18)/t9-/m1/s1. The third-order valence-electron chi connectivity index (χ3n) is 3.15. The van der Waals surface area contributed by atoms with Gasteiger partial charge in [0.05, 0.1) is 16.8 Å². The fourth-order valence-electron chi connectivity index (χ4n) is 1.62. The van der Waals surface area contributed by atoms with Crippen molar-refractivity contribution in [3.8, 4) is 0 Å². The number of aromatic nitrogens is 2. The van der Waals surface area contributed by atoms with Crippen molar-refractivity contribution in [1.29, 1.82) is 0 Å². The third-order valence-corrected chi connectivity index (χ3v) is 4.26. The number of carbonyl (C=O) groups is 1. The van der Waals surface area contributed by atoms with Gasteiger partial charge in [-0.1, -0.05) is 37.2 Å². The van der Waals surface area contributed by atoms with Crippen LogP contribution in [0.15, 0.2) is 23.4 Å². The van der Waals surface area contributed by atoms with Gasteiger partial charge in [0.25, 0.3) is 0 Å². The zero-order valence-corrected chi connectivity index (χ0v) is 13.3. The second-order valence-corrected chi connectivity index (χ2v) is 6.49. The summed E-state index contributed by atoms with van der Waals surface area (Å²) in [6.45, 7) is 6.18. The van der Waals surface area contributed by atoms with E-state index in [-0.39, 0.29) is 11.9 Å². The topological polar surface area (TPSA) is 57.8 Å². The first-order chi connectivity index (χ1) is 9.45. The normalized spacial score (nSPS) is 12.8. The average Bonchev–Trinajstić information content (AvgIpc) is 2.78. The molecule has 1 heterocycles. The summed E-state index contributed by atoms with van der Waals surface area (Å²) in [7, 11) is 0. The second-order valence-electron chi connectivity index (χ2n) is 5.09. The van der Waals surface area contributed by atoms with Crippen LogP contribution in [0.5, 0.6) is 0 Å². The van der Waals surface area contributed by atoms with E-state index in [0.29, 0.717) is 16.7 Å². The number of halogens is 1. The Labute approximate surface area is 127 Å². The molecule has 0 unspecified atom stereocenters. The van der Waals surface area contributed by atoms with E-state index in [1.54, 1.807) is 6.07 Å². The quantitative estimate of drug-likeness (QED) is 0.831. The molecule has 1 aromatic carbocycles. The van der Waals surface area contributed by atoms with Crippen LogP contribution < -0.4 is 5.32 Å². The van der Waals surface area contributed by atoms with E-state index in [1.165, 1.54) is 11.8 Å². The summed E-state index contributed by atoms with van der Waals surface area (Å²) >= 11 is 7.32. The Kier molecular flexibility index (Phi) is 4.94. The van der Waals surface area contributed by atoms with Crippen molar-refractivity contribution < 1.29 is 4.79 Å². The molecule has 0 radical (unpaired) electrons. The molecule has 2 aromatic rings. The van der Waals surface area contributed by atoms with Gasteiger partial charge in [-0.3, -0.25) is 4.79 Å². The number of hydrogen-bond acceptors (Lipinski definition) is 3. The average molecular weight is 312 g/mol. The van der Waals surface area contributed by atoms with Gasteiger partial charge in [-0.2, -0.15) is 0 Å². The maximum Gasteiger partial charge on any atom is 0.230 e. The molecule has 4 nitrogen and oxygen atoms in total. The minimum Gasteiger partial charge on any atom is -0.353 e. The number of carbonyl (C=O) groups excluding carboxylic acids is 1. The van der Waals surface area contributed by atoms with Gasteiger partial charge >= 0.3 is 0 Å². The highest BCUT2D eigenvalue weighted by molar-refractivity contribution is 7.99. The number of nitrogens with one attached hydrogen (secondary N) is 2. The maximum atomic E-state index is 11.8. The summed E-state index contributed by atoms with van der Waals surface area (Å²) in [6.07, 6.45) is 0. The lowest BCUT2D eigenvalue weighted by molar-refractivity contribution is -0.119. The van der Waals surface area contributed by atoms with Crippen LogP contribution >= 0.6 is 23.4 Å². The Morgan fingerprint density at radius 3 is 2.90 bits per heavy atom. The fraction of sp³-hybridized carbons (Fsp3) is 0.429. The highest BCUT2D eigenvalue weighted by atomic mass is 35.5. The lowest BCUT2D eigenvalue weighted by Gasteiger charge is -2.16. The van der Waals surface area contributed by atoms with Crippen molar-refractivity contribution >= 4 is 40.3 Å². The largest absolute Gasteiger partial charge is 0.353 e. The molecule has 0 bridgehead atoms. The van der Waals surface area contributed by atoms with E-state index in [9.17, 15) is 4.79 Å². The second kappa shape index (κ2) is 6.50. The van der Waals surface area contributed by atoms with Crippen molar-refractivity contribution in [2.24, 2.45) is 5.92 Å². The first-order valence-corrected chi connectivity index (χ1v) is 7.89. The first kappa shape index (κ1) is 15.2. The molecule has 0 saturated heterocycles. The van der Waals surface area contributed by atoms with Crippen molar-refractivity contribution in [3.05, 3.63) is 23.2 Å². The van der Waals surface area contributed by atoms with Gasteiger partial charge < -0.3 is 10.3 Å². The molecule has 0 aliphatic rings. The zero-order valence-electron chi connectivity index (χ0n) is 11.7. The monoisotopic (exact) mass is 311 g/mol. The van der Waals surface area contributed by atoms with Gasteiger partial charge in [-0.25, -0.2) is 4.98 Å². The van der Waals surface area contributed by atoms with E-state index in [1.807, 2.05) is 19.1 Å². The minimum absolute atomic E-state index is 0.0229. The van der Waals surface area contributed by atoms with Gasteiger partial charge in [0.1, 0.15) is 0 Å². The number of rotatable bonds is 5. The first-order valence-electron chi connectivity index (χ1n) is 6.53. The molecule has 0 aliphatic carbocycles. The number of aromatic amines is 1. The van der Waals surface area contributed by atoms with E-state index >= 15 is 0 Å². The van der Waals surface area contributed by atoms with Crippen molar-refractivity contribution in [2.45, 2.75) is 32.0 Å². The molecule has 20 heavy (non-hydrogen) atoms. The molecule has 6 heteroatoms. The van der Waals surface area contributed by atoms with Crippen LogP contribution in [0.25, 0.3) is 11.0 Å². The Morgan fingerprint density at radius 1 is 1.45 bits per heavy atom.